The Hall–Kier alpha value is -2.34. The van der Waals surface area contributed by atoms with E-state index in [2.05, 4.69) is 20.3 Å². The first-order valence-corrected chi connectivity index (χ1v) is 5.68. The van der Waals surface area contributed by atoms with Gasteiger partial charge in [-0.1, -0.05) is 11.6 Å². The molecule has 2 rings (SSSR count). The summed E-state index contributed by atoms with van der Waals surface area (Å²) in [7, 11) is 1.24. The molecule has 0 fully saturated rings. The number of H-pyrrole nitrogens is 1. The van der Waals surface area contributed by atoms with Crippen LogP contribution < -0.4 is 5.32 Å². The number of hydrogen-bond acceptors (Lipinski definition) is 4. The van der Waals surface area contributed by atoms with Crippen LogP contribution >= 0.6 is 11.6 Å². The van der Waals surface area contributed by atoms with Crippen LogP contribution in [0.15, 0.2) is 30.5 Å². The standard InChI is InChI=1S/C12H10ClN3O3/c1-19-12(18)10-9(6-14-16-10)15-11(17)7-2-4-8(13)5-3-7/h2-6H,1H3,(H,14,16)(H,15,17). The van der Waals surface area contributed by atoms with Crippen molar-refractivity contribution < 1.29 is 14.3 Å². The van der Waals surface area contributed by atoms with Gasteiger partial charge in [0.25, 0.3) is 5.91 Å². The van der Waals surface area contributed by atoms with E-state index in [1.165, 1.54) is 13.3 Å². The highest BCUT2D eigenvalue weighted by molar-refractivity contribution is 6.30. The minimum absolute atomic E-state index is 0.0878. The van der Waals surface area contributed by atoms with Gasteiger partial charge in [0.05, 0.1) is 19.0 Å². The van der Waals surface area contributed by atoms with Crippen LogP contribution in [0.4, 0.5) is 5.69 Å². The Morgan fingerprint density at radius 1 is 1.32 bits per heavy atom. The fourth-order valence-electron chi connectivity index (χ4n) is 1.43. The Balaban J connectivity index is 2.17. The molecule has 2 aromatic rings. The fraction of sp³-hybridized carbons (Fsp3) is 0.0833. The summed E-state index contributed by atoms with van der Waals surface area (Å²) in [6.07, 6.45) is 1.33. The third kappa shape index (κ3) is 2.92. The second kappa shape index (κ2) is 5.53. The van der Waals surface area contributed by atoms with Crippen LogP contribution in [0.2, 0.25) is 5.02 Å². The highest BCUT2D eigenvalue weighted by atomic mass is 35.5. The number of rotatable bonds is 3. The molecule has 0 saturated carbocycles. The van der Waals surface area contributed by atoms with Crippen LogP contribution in [0.1, 0.15) is 20.8 Å². The topological polar surface area (TPSA) is 84.1 Å². The van der Waals surface area contributed by atoms with Crippen LogP contribution in [0, 0.1) is 0 Å². The van der Waals surface area contributed by atoms with Gasteiger partial charge in [0.2, 0.25) is 0 Å². The number of benzene rings is 1. The van der Waals surface area contributed by atoms with E-state index in [1.807, 2.05) is 0 Å². The van der Waals surface area contributed by atoms with E-state index >= 15 is 0 Å². The summed E-state index contributed by atoms with van der Waals surface area (Å²) in [5, 5.41) is 9.25. The summed E-state index contributed by atoms with van der Waals surface area (Å²) in [6, 6.07) is 6.37. The number of aromatic amines is 1. The van der Waals surface area contributed by atoms with Crippen molar-refractivity contribution in [3.8, 4) is 0 Å². The number of ether oxygens (including phenoxy) is 1. The molecule has 0 saturated heterocycles. The third-order valence-corrected chi connectivity index (χ3v) is 2.64. The van der Waals surface area contributed by atoms with Crippen LogP contribution in [-0.4, -0.2) is 29.2 Å². The van der Waals surface area contributed by atoms with Crippen LogP contribution in [0.3, 0.4) is 0 Å². The number of amides is 1. The molecule has 7 heteroatoms. The average molecular weight is 280 g/mol. The Kier molecular flexibility index (Phi) is 3.82. The molecule has 0 radical (unpaired) electrons. The van der Waals surface area contributed by atoms with Gasteiger partial charge >= 0.3 is 5.97 Å². The number of hydrogen-bond donors (Lipinski definition) is 2. The summed E-state index contributed by atoms with van der Waals surface area (Å²) >= 11 is 5.74. The maximum Gasteiger partial charge on any atom is 0.358 e. The fourth-order valence-corrected chi connectivity index (χ4v) is 1.56. The lowest BCUT2D eigenvalue weighted by Crippen LogP contribution is -2.14. The van der Waals surface area contributed by atoms with Gasteiger partial charge in [-0.2, -0.15) is 5.10 Å². The highest BCUT2D eigenvalue weighted by Crippen LogP contribution is 2.15. The molecule has 0 atom stereocenters. The number of carbonyl (C=O) groups is 2. The molecule has 6 nitrogen and oxygen atoms in total. The first-order chi connectivity index (χ1) is 9.11. The average Bonchev–Trinajstić information content (AvgIpc) is 2.86. The lowest BCUT2D eigenvalue weighted by atomic mass is 10.2. The minimum atomic E-state index is -0.607. The van der Waals surface area contributed by atoms with E-state index in [1.54, 1.807) is 24.3 Å². The number of anilines is 1. The zero-order valence-corrected chi connectivity index (χ0v) is 10.7. The van der Waals surface area contributed by atoms with Crippen molar-refractivity contribution in [1.29, 1.82) is 0 Å². The van der Waals surface area contributed by atoms with E-state index in [0.29, 0.717) is 10.6 Å². The predicted octanol–water partition coefficient (Wildman–Crippen LogP) is 2.10. The van der Waals surface area contributed by atoms with Crippen LogP contribution in [0.25, 0.3) is 0 Å². The number of halogens is 1. The number of aromatic nitrogens is 2. The summed E-state index contributed by atoms with van der Waals surface area (Å²) < 4.78 is 4.56. The van der Waals surface area contributed by atoms with Crippen molar-refractivity contribution in [3.05, 3.63) is 46.7 Å². The van der Waals surface area contributed by atoms with Crippen molar-refractivity contribution in [2.75, 3.05) is 12.4 Å². The van der Waals surface area contributed by atoms with E-state index in [9.17, 15) is 9.59 Å². The molecule has 98 valence electrons. The van der Waals surface area contributed by atoms with Gasteiger partial charge in [-0.25, -0.2) is 4.79 Å². The summed E-state index contributed by atoms with van der Waals surface area (Å²) in [5.41, 5.74) is 0.762. The van der Waals surface area contributed by atoms with Crippen molar-refractivity contribution in [3.63, 3.8) is 0 Å². The molecular weight excluding hydrogens is 270 g/mol. The lowest BCUT2D eigenvalue weighted by Gasteiger charge is -2.04. The van der Waals surface area contributed by atoms with Gasteiger partial charge in [-0.05, 0) is 24.3 Å². The van der Waals surface area contributed by atoms with Crippen molar-refractivity contribution in [2.45, 2.75) is 0 Å². The molecule has 1 aromatic heterocycles. The van der Waals surface area contributed by atoms with Crippen molar-refractivity contribution in [1.82, 2.24) is 10.2 Å². The molecular formula is C12H10ClN3O3. The second-order valence-corrected chi connectivity index (χ2v) is 4.05. The number of carbonyl (C=O) groups excluding carboxylic acids is 2. The van der Waals surface area contributed by atoms with Gasteiger partial charge in [0, 0.05) is 10.6 Å². The molecule has 2 N–H and O–H groups in total. The Morgan fingerprint density at radius 2 is 2.00 bits per heavy atom. The van der Waals surface area contributed by atoms with Gasteiger partial charge < -0.3 is 10.1 Å². The monoisotopic (exact) mass is 279 g/mol. The summed E-state index contributed by atoms with van der Waals surface area (Å²) in [5.74, 6) is -0.980. The van der Waals surface area contributed by atoms with Crippen LogP contribution in [-0.2, 0) is 4.74 Å². The summed E-state index contributed by atoms with van der Waals surface area (Å²) in [4.78, 5) is 23.3. The Labute approximate surface area is 113 Å². The molecule has 1 amide bonds. The van der Waals surface area contributed by atoms with E-state index in [-0.39, 0.29) is 17.3 Å². The quantitative estimate of drug-likeness (QED) is 0.843. The van der Waals surface area contributed by atoms with Gasteiger partial charge in [-0.15, -0.1) is 0 Å². The zero-order valence-electron chi connectivity index (χ0n) is 9.94. The number of nitrogens with one attached hydrogen (secondary N) is 2. The molecule has 0 unspecified atom stereocenters. The van der Waals surface area contributed by atoms with E-state index in [4.69, 9.17) is 11.6 Å². The van der Waals surface area contributed by atoms with E-state index in [0.717, 1.165) is 0 Å². The zero-order chi connectivity index (χ0) is 13.8. The third-order valence-electron chi connectivity index (χ3n) is 2.38. The highest BCUT2D eigenvalue weighted by Gasteiger charge is 2.16. The van der Waals surface area contributed by atoms with Crippen molar-refractivity contribution in [2.24, 2.45) is 0 Å². The second-order valence-electron chi connectivity index (χ2n) is 3.61. The molecule has 0 aliphatic carbocycles. The minimum Gasteiger partial charge on any atom is -0.464 e. The summed E-state index contributed by atoms with van der Waals surface area (Å²) in [6.45, 7) is 0. The maximum atomic E-state index is 11.9. The van der Waals surface area contributed by atoms with Gasteiger partial charge in [0.15, 0.2) is 5.69 Å². The lowest BCUT2D eigenvalue weighted by molar-refractivity contribution is 0.0595. The first-order valence-electron chi connectivity index (χ1n) is 5.30. The van der Waals surface area contributed by atoms with E-state index < -0.39 is 5.97 Å². The molecule has 1 aromatic carbocycles. The van der Waals surface area contributed by atoms with Gasteiger partial charge in [-0.3, -0.25) is 9.89 Å². The largest absolute Gasteiger partial charge is 0.464 e. The number of nitrogens with zero attached hydrogens (tertiary/aromatic N) is 1. The molecule has 19 heavy (non-hydrogen) atoms. The molecule has 0 spiro atoms. The molecule has 0 bridgehead atoms. The normalized spacial score (nSPS) is 10.0. The van der Waals surface area contributed by atoms with Crippen molar-refractivity contribution >= 4 is 29.2 Å². The molecule has 0 aliphatic rings. The predicted molar refractivity (Wildman–Crippen MR) is 69.3 cm³/mol. The van der Waals surface area contributed by atoms with Crippen LogP contribution in [0.5, 0.6) is 0 Å². The first kappa shape index (κ1) is 13.1. The number of esters is 1. The maximum absolute atomic E-state index is 11.9. The SMILES string of the molecule is COC(=O)c1[nH]ncc1NC(=O)c1ccc(Cl)cc1. The Morgan fingerprint density at radius 3 is 2.63 bits per heavy atom. The smallest absolute Gasteiger partial charge is 0.358 e. The molecule has 0 aliphatic heterocycles. The van der Waals surface area contributed by atoms with Gasteiger partial charge in [0.1, 0.15) is 0 Å². The Bertz CT molecular complexity index is 607. The number of methoxy groups -OCH3 is 1. The molecule has 1 heterocycles.